The van der Waals surface area contributed by atoms with E-state index in [9.17, 15) is 4.39 Å². The molecule has 0 aromatic heterocycles. The van der Waals surface area contributed by atoms with Gasteiger partial charge in [-0.15, -0.1) is 0 Å². The van der Waals surface area contributed by atoms with Gasteiger partial charge in [-0.2, -0.15) is 0 Å². The summed E-state index contributed by atoms with van der Waals surface area (Å²) >= 11 is 1.35. The Hall–Kier alpha value is -1.68. The molecule has 2 nitrogen and oxygen atoms in total. The van der Waals surface area contributed by atoms with Crippen molar-refractivity contribution in [2.24, 2.45) is 0 Å². The molecule has 2 rings (SSSR count). The average Bonchev–Trinajstić information content (AvgIpc) is 2.30. The predicted octanol–water partition coefficient (Wildman–Crippen LogP) is 3.53. The molecule has 0 saturated heterocycles. The summed E-state index contributed by atoms with van der Waals surface area (Å²) < 4.78 is 16.2. The maximum Gasteiger partial charge on any atom is 0.147 e. The highest BCUT2D eigenvalue weighted by molar-refractivity contribution is 8.00. The summed E-state index contributed by atoms with van der Waals surface area (Å²) in [5.41, 5.74) is 6.76. The van der Waals surface area contributed by atoms with E-state index in [0.29, 0.717) is 5.69 Å². The quantitative estimate of drug-likeness (QED) is 0.630. The van der Waals surface area contributed by atoms with Gasteiger partial charge in [0, 0.05) is 10.6 Å². The Morgan fingerprint density at radius 3 is 2.38 bits per heavy atom. The van der Waals surface area contributed by atoms with Gasteiger partial charge in [0.05, 0.1) is 5.69 Å². The minimum atomic E-state index is -0.259. The monoisotopic (exact) mass is 234 g/mol. The highest BCUT2D eigenvalue weighted by atomic mass is 32.2. The third kappa shape index (κ3) is 2.67. The molecule has 0 spiro atoms. The number of hydrogen-bond acceptors (Lipinski definition) is 3. The van der Waals surface area contributed by atoms with Crippen LogP contribution in [0.5, 0.6) is 0 Å². The smallest absolute Gasteiger partial charge is 0.147 e. The summed E-state index contributed by atoms with van der Waals surface area (Å²) in [4.78, 5) is 0.984. The lowest BCUT2D eigenvalue weighted by Gasteiger charge is -2.06. The number of anilines is 2. The molecule has 0 aliphatic rings. The van der Waals surface area contributed by atoms with Crippen molar-refractivity contribution in [3.63, 3.8) is 0 Å². The van der Waals surface area contributed by atoms with E-state index in [1.807, 2.05) is 24.3 Å². The first-order valence-electron chi connectivity index (χ1n) is 4.78. The second kappa shape index (κ2) is 4.90. The topological polar surface area (TPSA) is 38.0 Å². The van der Waals surface area contributed by atoms with Crippen LogP contribution < -0.4 is 10.5 Å². The molecule has 0 aliphatic carbocycles. The van der Waals surface area contributed by atoms with Crippen molar-refractivity contribution >= 4 is 23.3 Å². The van der Waals surface area contributed by atoms with E-state index >= 15 is 0 Å². The van der Waals surface area contributed by atoms with E-state index in [0.717, 1.165) is 10.6 Å². The van der Waals surface area contributed by atoms with Gasteiger partial charge in [-0.05, 0) is 48.3 Å². The van der Waals surface area contributed by atoms with Gasteiger partial charge in [-0.3, -0.25) is 0 Å². The van der Waals surface area contributed by atoms with Crippen molar-refractivity contribution < 1.29 is 4.39 Å². The number of rotatable bonds is 3. The molecule has 0 heterocycles. The summed E-state index contributed by atoms with van der Waals surface area (Å²) in [6, 6.07) is 14.0. The first-order chi connectivity index (χ1) is 7.75. The molecule has 0 amide bonds. The second-order valence-corrected chi connectivity index (χ2v) is 4.13. The predicted molar refractivity (Wildman–Crippen MR) is 66.7 cm³/mol. The third-order valence-corrected chi connectivity index (χ3v) is 2.86. The normalized spacial score (nSPS) is 10.1. The number of benzene rings is 2. The fraction of sp³-hybridized carbons (Fsp3) is 0. The molecule has 4 heteroatoms. The zero-order valence-electron chi connectivity index (χ0n) is 8.48. The van der Waals surface area contributed by atoms with Gasteiger partial charge >= 0.3 is 0 Å². The summed E-state index contributed by atoms with van der Waals surface area (Å²) in [6.45, 7) is 0. The molecule has 2 aromatic carbocycles. The number of para-hydroxylation sites is 1. The van der Waals surface area contributed by atoms with E-state index in [-0.39, 0.29) is 5.82 Å². The van der Waals surface area contributed by atoms with Crippen molar-refractivity contribution in [2.75, 3.05) is 10.5 Å². The molecule has 0 bridgehead atoms. The van der Waals surface area contributed by atoms with Gasteiger partial charge in [0.15, 0.2) is 0 Å². The molecule has 0 radical (unpaired) electrons. The fourth-order valence-corrected chi connectivity index (χ4v) is 1.86. The van der Waals surface area contributed by atoms with Crippen LogP contribution in [0, 0.1) is 5.82 Å². The highest BCUT2D eigenvalue weighted by Crippen LogP contribution is 2.23. The lowest BCUT2D eigenvalue weighted by molar-refractivity contribution is 0.632. The Labute approximate surface area is 97.8 Å². The van der Waals surface area contributed by atoms with E-state index in [1.54, 1.807) is 18.2 Å². The van der Waals surface area contributed by atoms with Crippen LogP contribution in [0.1, 0.15) is 0 Å². The number of nitrogens with one attached hydrogen (secondary N) is 1. The Morgan fingerprint density at radius 2 is 1.69 bits per heavy atom. The van der Waals surface area contributed by atoms with Crippen molar-refractivity contribution in [3.05, 3.63) is 54.3 Å². The molecule has 16 heavy (non-hydrogen) atoms. The summed E-state index contributed by atoms with van der Waals surface area (Å²) in [6.07, 6.45) is 0. The second-order valence-electron chi connectivity index (χ2n) is 3.25. The van der Waals surface area contributed by atoms with Gasteiger partial charge in [0.25, 0.3) is 0 Å². The Kier molecular flexibility index (Phi) is 3.31. The average molecular weight is 234 g/mol. The molecular formula is C12H11FN2S. The largest absolute Gasteiger partial charge is 0.399 e. The van der Waals surface area contributed by atoms with Crippen LogP contribution in [0.15, 0.2) is 53.4 Å². The van der Waals surface area contributed by atoms with Gasteiger partial charge in [-0.25, -0.2) is 4.39 Å². The van der Waals surface area contributed by atoms with E-state index in [1.165, 1.54) is 18.0 Å². The summed E-state index contributed by atoms with van der Waals surface area (Å²) in [7, 11) is 0. The summed E-state index contributed by atoms with van der Waals surface area (Å²) in [5.74, 6) is -0.259. The van der Waals surface area contributed by atoms with Crippen LogP contribution in [0.3, 0.4) is 0 Å². The number of nitrogens with two attached hydrogens (primary N) is 1. The molecule has 0 atom stereocenters. The molecule has 3 N–H and O–H groups in total. The van der Waals surface area contributed by atoms with Crippen LogP contribution in [0.2, 0.25) is 0 Å². The van der Waals surface area contributed by atoms with Crippen LogP contribution in [0.25, 0.3) is 0 Å². The van der Waals surface area contributed by atoms with Gasteiger partial charge in [0.2, 0.25) is 0 Å². The summed E-state index contributed by atoms with van der Waals surface area (Å²) in [5, 5.41) is 0. The van der Waals surface area contributed by atoms with Gasteiger partial charge in [-0.1, -0.05) is 12.1 Å². The van der Waals surface area contributed by atoms with Crippen molar-refractivity contribution in [1.82, 2.24) is 0 Å². The van der Waals surface area contributed by atoms with E-state index in [2.05, 4.69) is 4.72 Å². The Bertz CT molecular complexity index is 471. The highest BCUT2D eigenvalue weighted by Gasteiger charge is 2.00. The fourth-order valence-electron chi connectivity index (χ4n) is 1.19. The molecule has 2 aromatic rings. The minimum absolute atomic E-state index is 0.259. The molecular weight excluding hydrogens is 223 g/mol. The minimum Gasteiger partial charge on any atom is -0.399 e. The van der Waals surface area contributed by atoms with Crippen LogP contribution >= 0.6 is 11.9 Å². The van der Waals surface area contributed by atoms with Crippen LogP contribution in [0.4, 0.5) is 15.8 Å². The maximum atomic E-state index is 13.3. The van der Waals surface area contributed by atoms with Crippen LogP contribution in [-0.4, -0.2) is 0 Å². The number of halogens is 1. The first-order valence-corrected chi connectivity index (χ1v) is 5.60. The lowest BCUT2D eigenvalue weighted by atomic mass is 10.3. The zero-order chi connectivity index (χ0) is 11.4. The van der Waals surface area contributed by atoms with Gasteiger partial charge < -0.3 is 10.5 Å². The van der Waals surface area contributed by atoms with Crippen molar-refractivity contribution in [1.29, 1.82) is 0 Å². The SMILES string of the molecule is Nc1ccc(SNc2ccccc2F)cc1. The first kappa shape index (κ1) is 10.8. The standard InChI is InChI=1S/C12H11FN2S/c13-11-3-1-2-4-12(11)15-16-10-7-5-9(14)6-8-10/h1-8,15H,14H2. The molecule has 0 aliphatic heterocycles. The van der Waals surface area contributed by atoms with Crippen molar-refractivity contribution in [3.8, 4) is 0 Å². The maximum absolute atomic E-state index is 13.3. The molecule has 0 fully saturated rings. The number of nitrogen functional groups attached to an aromatic ring is 1. The Morgan fingerprint density at radius 1 is 1.00 bits per heavy atom. The zero-order valence-corrected chi connectivity index (χ0v) is 9.30. The Balaban J connectivity index is 2.02. The molecule has 0 saturated carbocycles. The van der Waals surface area contributed by atoms with Crippen molar-refractivity contribution in [2.45, 2.75) is 4.90 Å². The van der Waals surface area contributed by atoms with E-state index < -0.39 is 0 Å². The molecule has 0 unspecified atom stereocenters. The molecule has 82 valence electrons. The van der Waals surface area contributed by atoms with Crippen LogP contribution in [-0.2, 0) is 0 Å². The lowest BCUT2D eigenvalue weighted by Crippen LogP contribution is -1.90. The third-order valence-electron chi connectivity index (χ3n) is 2.03. The van der Waals surface area contributed by atoms with E-state index in [4.69, 9.17) is 5.73 Å². The number of hydrogen-bond donors (Lipinski definition) is 2. The van der Waals surface area contributed by atoms with Gasteiger partial charge in [0.1, 0.15) is 5.82 Å².